The van der Waals surface area contributed by atoms with E-state index in [0.717, 1.165) is 54.9 Å². The van der Waals surface area contributed by atoms with E-state index >= 15 is 0 Å². The van der Waals surface area contributed by atoms with E-state index in [1.807, 2.05) is 27.0 Å². The number of aromatic nitrogens is 1. The van der Waals surface area contributed by atoms with Gasteiger partial charge in [0, 0.05) is 25.5 Å². The van der Waals surface area contributed by atoms with Gasteiger partial charge in [-0.15, -0.1) is 0 Å². The highest BCUT2D eigenvalue weighted by Gasteiger charge is 2.32. The molecular weight excluding hydrogens is 459 g/mol. The number of pyridine rings is 1. The number of hydrogen-bond acceptors (Lipinski definition) is 3. The summed E-state index contributed by atoms with van der Waals surface area (Å²) in [5.41, 5.74) is 5.51. The first-order valence-corrected chi connectivity index (χ1v) is 13.1. The molecule has 1 aliphatic heterocycles. The van der Waals surface area contributed by atoms with Gasteiger partial charge < -0.3 is 10.2 Å². The summed E-state index contributed by atoms with van der Waals surface area (Å²) in [6.45, 7) is 8.39. The van der Waals surface area contributed by atoms with Crippen LogP contribution in [0.2, 0.25) is 0 Å². The summed E-state index contributed by atoms with van der Waals surface area (Å²) in [5.74, 6) is 0.951. The van der Waals surface area contributed by atoms with Crippen LogP contribution in [0.25, 0.3) is 0 Å². The lowest BCUT2D eigenvalue weighted by molar-refractivity contribution is -0.0884. The van der Waals surface area contributed by atoms with Crippen LogP contribution in [0.5, 0.6) is 0 Å². The molecule has 0 amide bonds. The Labute approximate surface area is 214 Å². The minimum atomic E-state index is -4.40. The highest BCUT2D eigenvalue weighted by atomic mass is 19.4. The molecule has 1 aromatic rings. The number of allylic oxidation sites excluding steroid dienone is 9. The number of halogens is 3. The first-order chi connectivity index (χ1) is 17.2. The van der Waals surface area contributed by atoms with Crippen LogP contribution in [0.1, 0.15) is 70.9 Å². The van der Waals surface area contributed by atoms with Gasteiger partial charge in [-0.1, -0.05) is 30.7 Å². The lowest BCUT2D eigenvalue weighted by Gasteiger charge is -2.36. The summed E-state index contributed by atoms with van der Waals surface area (Å²) >= 11 is 0. The number of hydrogen-bond donors (Lipinski definition) is 1. The molecule has 0 radical (unpaired) electrons. The number of nitrogens with zero attached hydrogens (tertiary/aromatic N) is 2. The Kier molecular flexibility index (Phi) is 9.63. The largest absolute Gasteiger partial charge is 0.416 e. The van der Waals surface area contributed by atoms with Crippen molar-refractivity contribution in [2.45, 2.75) is 84.9 Å². The molecule has 0 bridgehead atoms. The van der Waals surface area contributed by atoms with Crippen molar-refractivity contribution >= 4 is 5.82 Å². The fraction of sp³-hybridized carbons (Fsp3) is 0.500. The first-order valence-electron chi connectivity index (χ1n) is 13.1. The molecule has 36 heavy (non-hydrogen) atoms. The molecule has 1 fully saturated rings. The highest BCUT2D eigenvalue weighted by Crippen LogP contribution is 2.33. The Balaban J connectivity index is 2.05. The standard InChI is InChI=1S/C30H40F3N3/c1-6-11-23(19-24(12-7-2)30(31,32)33)26(21(3)4)20-28-27(15-10-18-36(28)5)35-29-25-14-9-8-13-22(25)16-17-34-29/h6,11-12,16-17,19-20,27H,7-10,13-15,18H2,1-5H3,(H,34,35)/b11-6-,23-19+,24-12-,28-20-. The maximum Gasteiger partial charge on any atom is 0.416 e. The maximum atomic E-state index is 13.7. The zero-order chi connectivity index (χ0) is 26.3. The Bertz CT molecular complexity index is 1070. The number of piperidine rings is 1. The van der Waals surface area contributed by atoms with Crippen LogP contribution in [-0.4, -0.2) is 35.7 Å². The lowest BCUT2D eigenvalue weighted by atomic mass is 9.91. The van der Waals surface area contributed by atoms with Crippen molar-refractivity contribution in [2.24, 2.45) is 0 Å². The summed E-state index contributed by atoms with van der Waals surface area (Å²) in [5, 5.41) is 3.72. The molecule has 6 heteroatoms. The molecule has 3 nitrogen and oxygen atoms in total. The van der Waals surface area contributed by atoms with Crippen molar-refractivity contribution in [3.05, 3.63) is 81.8 Å². The number of likely N-dealkylation sites (tertiary alicyclic amines) is 1. The van der Waals surface area contributed by atoms with Crippen molar-refractivity contribution in [2.75, 3.05) is 18.9 Å². The van der Waals surface area contributed by atoms with Crippen LogP contribution in [-0.2, 0) is 12.8 Å². The zero-order valence-electron chi connectivity index (χ0n) is 22.3. The maximum absolute atomic E-state index is 13.7. The van der Waals surface area contributed by atoms with Gasteiger partial charge in [-0.25, -0.2) is 4.98 Å². The molecule has 2 aliphatic rings. The molecular formula is C30H40F3N3. The molecule has 0 aromatic carbocycles. The van der Waals surface area contributed by atoms with Crippen LogP contribution in [0.15, 0.2) is 70.6 Å². The van der Waals surface area contributed by atoms with Crippen molar-refractivity contribution in [3.63, 3.8) is 0 Å². The molecule has 0 spiro atoms. The molecule has 1 saturated heterocycles. The second kappa shape index (κ2) is 12.5. The molecule has 0 saturated carbocycles. The third-order valence-corrected chi connectivity index (χ3v) is 6.92. The normalized spacial score (nSPS) is 20.6. The zero-order valence-corrected chi connectivity index (χ0v) is 22.3. The third kappa shape index (κ3) is 6.92. The lowest BCUT2D eigenvalue weighted by Crippen LogP contribution is -2.38. The monoisotopic (exact) mass is 499 g/mol. The van der Waals surface area contributed by atoms with E-state index in [1.165, 1.54) is 36.1 Å². The number of fused-ring (bicyclic) bond motifs is 1. The van der Waals surface area contributed by atoms with E-state index < -0.39 is 11.7 Å². The first kappa shape index (κ1) is 27.8. The van der Waals surface area contributed by atoms with Crippen LogP contribution < -0.4 is 5.32 Å². The van der Waals surface area contributed by atoms with Crippen molar-refractivity contribution in [1.82, 2.24) is 9.88 Å². The van der Waals surface area contributed by atoms with Crippen LogP contribution >= 0.6 is 0 Å². The molecule has 1 aliphatic carbocycles. The number of anilines is 1. The minimum absolute atomic E-state index is 0.0409. The highest BCUT2D eigenvalue weighted by molar-refractivity contribution is 5.55. The van der Waals surface area contributed by atoms with Crippen LogP contribution in [0.4, 0.5) is 19.0 Å². The van der Waals surface area contributed by atoms with E-state index in [2.05, 4.69) is 34.4 Å². The van der Waals surface area contributed by atoms with Gasteiger partial charge in [0.2, 0.25) is 0 Å². The predicted octanol–water partition coefficient (Wildman–Crippen LogP) is 8.09. The van der Waals surface area contributed by atoms with Gasteiger partial charge in [0.1, 0.15) is 5.82 Å². The summed E-state index contributed by atoms with van der Waals surface area (Å²) in [7, 11) is 2.06. The molecule has 1 N–H and O–H groups in total. The molecule has 3 rings (SSSR count). The SMILES string of the molecule is C\C=C/C(=C\C(=C\CC)C(F)(F)F)C(/C=C1/C(Nc2nccc3c2CCCC3)CCCN1C)=C(C)C. The smallest absolute Gasteiger partial charge is 0.376 e. The fourth-order valence-corrected chi connectivity index (χ4v) is 5.09. The van der Waals surface area contributed by atoms with Gasteiger partial charge in [-0.2, -0.15) is 13.2 Å². The Morgan fingerprint density at radius 1 is 1.19 bits per heavy atom. The van der Waals surface area contributed by atoms with Crippen molar-refractivity contribution in [3.8, 4) is 0 Å². The number of likely N-dealkylation sites (N-methyl/N-ethyl adjacent to an activating group) is 1. The van der Waals surface area contributed by atoms with E-state index in [9.17, 15) is 13.2 Å². The summed E-state index contributed by atoms with van der Waals surface area (Å²) in [6, 6.07) is 2.17. The molecule has 1 aromatic heterocycles. The van der Waals surface area contributed by atoms with E-state index in [0.29, 0.717) is 12.0 Å². The van der Waals surface area contributed by atoms with E-state index in [4.69, 9.17) is 0 Å². The number of rotatable bonds is 7. The van der Waals surface area contributed by atoms with Crippen molar-refractivity contribution < 1.29 is 13.2 Å². The minimum Gasteiger partial charge on any atom is -0.376 e. The molecule has 2 heterocycles. The molecule has 1 unspecified atom stereocenters. The van der Waals surface area contributed by atoms with E-state index in [1.54, 1.807) is 19.1 Å². The topological polar surface area (TPSA) is 28.2 Å². The molecule has 1 atom stereocenters. The Morgan fingerprint density at radius 3 is 2.61 bits per heavy atom. The van der Waals surface area contributed by atoms with Crippen molar-refractivity contribution in [1.29, 1.82) is 0 Å². The number of alkyl halides is 3. The number of nitrogens with one attached hydrogen (secondary N) is 1. The fourth-order valence-electron chi connectivity index (χ4n) is 5.09. The second-order valence-corrected chi connectivity index (χ2v) is 9.91. The van der Waals surface area contributed by atoms with Gasteiger partial charge in [0.15, 0.2) is 0 Å². The van der Waals surface area contributed by atoms with Crippen LogP contribution in [0.3, 0.4) is 0 Å². The summed E-state index contributed by atoms with van der Waals surface area (Å²) < 4.78 is 41.2. The average molecular weight is 500 g/mol. The van der Waals surface area contributed by atoms with Crippen LogP contribution in [0, 0.1) is 0 Å². The Hall–Kier alpha value is -2.76. The molecule has 196 valence electrons. The second-order valence-electron chi connectivity index (χ2n) is 9.91. The average Bonchev–Trinajstić information content (AvgIpc) is 2.82. The summed E-state index contributed by atoms with van der Waals surface area (Å²) in [4.78, 5) is 6.91. The summed E-state index contributed by atoms with van der Waals surface area (Å²) in [6.07, 6.45) is 12.5. The van der Waals surface area contributed by atoms with Gasteiger partial charge in [-0.3, -0.25) is 0 Å². The number of aryl methyl sites for hydroxylation is 1. The Morgan fingerprint density at radius 2 is 1.94 bits per heavy atom. The van der Waals surface area contributed by atoms with Gasteiger partial charge in [0.25, 0.3) is 0 Å². The third-order valence-electron chi connectivity index (χ3n) is 6.92. The van der Waals surface area contributed by atoms with Gasteiger partial charge in [-0.05, 0) is 106 Å². The van der Waals surface area contributed by atoms with E-state index in [-0.39, 0.29) is 6.04 Å². The quantitative estimate of drug-likeness (QED) is 0.384. The predicted molar refractivity (Wildman–Crippen MR) is 144 cm³/mol. The van der Waals surface area contributed by atoms with Gasteiger partial charge >= 0.3 is 6.18 Å². The van der Waals surface area contributed by atoms with Gasteiger partial charge in [0.05, 0.1) is 11.6 Å².